The molecular weight excluding hydrogens is 174 g/mol. The van der Waals surface area contributed by atoms with E-state index in [-0.39, 0.29) is 0 Å². The number of carbonyl (C=O) groups excluding carboxylic acids is 1. The molecule has 2 rings (SSSR count). The highest BCUT2D eigenvalue weighted by atomic mass is 16.1. The van der Waals surface area contributed by atoms with Crippen LogP contribution in [0.2, 0.25) is 0 Å². The van der Waals surface area contributed by atoms with Crippen molar-refractivity contribution in [3.63, 3.8) is 0 Å². The molecule has 2 heteroatoms. The lowest BCUT2D eigenvalue weighted by molar-refractivity contribution is -0.103. The molecule has 0 aliphatic carbocycles. The van der Waals surface area contributed by atoms with Gasteiger partial charge < -0.3 is 4.57 Å². The van der Waals surface area contributed by atoms with Crippen LogP contribution in [0.1, 0.15) is 6.92 Å². The maximum atomic E-state index is 10.8. The summed E-state index contributed by atoms with van der Waals surface area (Å²) in [5, 5.41) is 1.15. The van der Waals surface area contributed by atoms with Crippen LogP contribution in [0.5, 0.6) is 0 Å². The van der Waals surface area contributed by atoms with Crippen molar-refractivity contribution >= 4 is 22.9 Å². The van der Waals surface area contributed by atoms with Gasteiger partial charge in [0.05, 0.1) is 11.2 Å². The zero-order valence-corrected chi connectivity index (χ0v) is 7.97. The van der Waals surface area contributed by atoms with E-state index in [0.717, 1.165) is 17.2 Å². The van der Waals surface area contributed by atoms with Crippen molar-refractivity contribution in [2.45, 2.75) is 6.92 Å². The Kier molecular flexibility index (Phi) is 2.19. The summed E-state index contributed by atoms with van der Waals surface area (Å²) in [6, 6.07) is 9.99. The van der Waals surface area contributed by atoms with E-state index < -0.39 is 0 Å². The number of rotatable bonds is 2. The minimum absolute atomic E-state index is 0.672. The molecule has 0 fully saturated rings. The maximum absolute atomic E-state index is 10.8. The van der Waals surface area contributed by atoms with E-state index in [0.29, 0.717) is 5.70 Å². The Morgan fingerprint density at radius 3 is 2.79 bits per heavy atom. The van der Waals surface area contributed by atoms with E-state index in [9.17, 15) is 4.79 Å². The number of hydrogen-bond acceptors (Lipinski definition) is 1. The number of para-hydroxylation sites is 1. The Morgan fingerprint density at radius 2 is 2.07 bits per heavy atom. The fourth-order valence-electron chi connectivity index (χ4n) is 1.57. The second-order valence-corrected chi connectivity index (χ2v) is 3.08. The van der Waals surface area contributed by atoms with Crippen LogP contribution in [0.15, 0.2) is 42.6 Å². The Morgan fingerprint density at radius 1 is 1.29 bits per heavy atom. The lowest BCUT2D eigenvalue weighted by Gasteiger charge is -2.02. The second-order valence-electron chi connectivity index (χ2n) is 3.08. The molecule has 0 spiro atoms. The topological polar surface area (TPSA) is 22.0 Å². The monoisotopic (exact) mass is 185 g/mol. The van der Waals surface area contributed by atoms with Crippen molar-refractivity contribution in [2.75, 3.05) is 0 Å². The molecule has 70 valence electrons. The zero-order chi connectivity index (χ0) is 9.97. The third-order valence-corrected chi connectivity index (χ3v) is 2.29. The van der Waals surface area contributed by atoms with Crippen molar-refractivity contribution in [3.8, 4) is 0 Å². The third kappa shape index (κ3) is 1.25. The maximum Gasteiger partial charge on any atom is 0.166 e. The molecule has 0 aliphatic heterocycles. The quantitative estimate of drug-likeness (QED) is 0.520. The van der Waals surface area contributed by atoms with E-state index in [1.807, 2.05) is 48.0 Å². The van der Waals surface area contributed by atoms with E-state index in [1.165, 1.54) is 0 Å². The van der Waals surface area contributed by atoms with Gasteiger partial charge in [-0.05, 0) is 24.4 Å². The number of aldehydes is 1. The van der Waals surface area contributed by atoms with Gasteiger partial charge in [0.1, 0.15) is 0 Å². The first-order chi connectivity index (χ1) is 6.86. The van der Waals surface area contributed by atoms with E-state index in [2.05, 4.69) is 0 Å². The molecule has 0 radical (unpaired) electrons. The molecule has 0 aliphatic rings. The number of hydrogen-bond donors (Lipinski definition) is 0. The lowest BCUT2D eigenvalue weighted by atomic mass is 10.2. The first-order valence-corrected chi connectivity index (χ1v) is 4.55. The molecule has 0 saturated heterocycles. The van der Waals surface area contributed by atoms with Crippen molar-refractivity contribution in [1.29, 1.82) is 0 Å². The van der Waals surface area contributed by atoms with E-state index in [1.54, 1.807) is 6.08 Å². The average molecular weight is 185 g/mol. The second kappa shape index (κ2) is 3.50. The van der Waals surface area contributed by atoms with Gasteiger partial charge in [-0.2, -0.15) is 0 Å². The fraction of sp³-hybridized carbons (Fsp3) is 0.0833. The SMILES string of the molecule is C/C=C(/C=O)n1ccc2ccccc21. The molecule has 0 unspecified atom stereocenters. The smallest absolute Gasteiger partial charge is 0.166 e. The van der Waals surface area contributed by atoms with Crippen LogP contribution in [0, 0.1) is 0 Å². The molecule has 14 heavy (non-hydrogen) atoms. The predicted octanol–water partition coefficient (Wildman–Crippen LogP) is 2.70. The summed E-state index contributed by atoms with van der Waals surface area (Å²) in [6.07, 6.45) is 4.58. The Labute approximate surface area is 82.5 Å². The standard InChI is InChI=1S/C12H11NO/c1-2-11(9-14)13-8-7-10-5-3-4-6-12(10)13/h2-9H,1H3/b11-2-. The number of aromatic nitrogens is 1. The molecule has 1 heterocycles. The van der Waals surface area contributed by atoms with Crippen molar-refractivity contribution in [2.24, 2.45) is 0 Å². The Hall–Kier alpha value is -1.83. The van der Waals surface area contributed by atoms with Gasteiger partial charge in [-0.15, -0.1) is 0 Å². The van der Waals surface area contributed by atoms with Gasteiger partial charge in [0.25, 0.3) is 0 Å². The van der Waals surface area contributed by atoms with Crippen LogP contribution >= 0.6 is 0 Å². The van der Waals surface area contributed by atoms with Crippen molar-refractivity contribution in [1.82, 2.24) is 4.57 Å². The summed E-state index contributed by atoms with van der Waals surface area (Å²) < 4.78 is 1.89. The molecule has 2 nitrogen and oxygen atoms in total. The van der Waals surface area contributed by atoms with E-state index >= 15 is 0 Å². The fourth-order valence-corrected chi connectivity index (χ4v) is 1.57. The van der Waals surface area contributed by atoms with Gasteiger partial charge in [-0.1, -0.05) is 24.3 Å². The molecular formula is C12H11NO. The van der Waals surface area contributed by atoms with Crippen LogP contribution in [0.3, 0.4) is 0 Å². The first-order valence-electron chi connectivity index (χ1n) is 4.55. The minimum atomic E-state index is 0.672. The van der Waals surface area contributed by atoms with Crippen molar-refractivity contribution in [3.05, 3.63) is 42.6 Å². The molecule has 0 saturated carbocycles. The first kappa shape index (κ1) is 8.75. The normalized spacial score (nSPS) is 11.9. The molecule has 0 N–H and O–H groups in total. The summed E-state index contributed by atoms with van der Waals surface area (Å²) in [5.74, 6) is 0. The highest BCUT2D eigenvalue weighted by Gasteiger charge is 2.02. The van der Waals surface area contributed by atoms with Gasteiger partial charge in [0.2, 0.25) is 0 Å². The molecule has 0 atom stereocenters. The van der Waals surface area contributed by atoms with Crippen molar-refractivity contribution < 1.29 is 4.79 Å². The lowest BCUT2D eigenvalue weighted by Crippen LogP contribution is -1.95. The van der Waals surface area contributed by atoms with Gasteiger partial charge in [-0.25, -0.2) is 0 Å². The van der Waals surface area contributed by atoms with Crippen LogP contribution in [0.4, 0.5) is 0 Å². The highest BCUT2D eigenvalue weighted by molar-refractivity contribution is 6.02. The summed E-state index contributed by atoms with van der Waals surface area (Å²) in [7, 11) is 0. The highest BCUT2D eigenvalue weighted by Crippen LogP contribution is 2.18. The van der Waals surface area contributed by atoms with Crippen LogP contribution in [0.25, 0.3) is 16.6 Å². The molecule has 1 aromatic carbocycles. The average Bonchev–Trinajstić information content (AvgIpc) is 2.65. The largest absolute Gasteiger partial charge is 0.314 e. The van der Waals surface area contributed by atoms with Gasteiger partial charge in [0.15, 0.2) is 6.29 Å². The summed E-state index contributed by atoms with van der Waals surface area (Å²) in [4.78, 5) is 10.8. The predicted molar refractivity (Wildman–Crippen MR) is 57.9 cm³/mol. The minimum Gasteiger partial charge on any atom is -0.314 e. The van der Waals surface area contributed by atoms with Crippen LogP contribution in [-0.4, -0.2) is 10.9 Å². The van der Waals surface area contributed by atoms with Gasteiger partial charge in [0, 0.05) is 6.20 Å². The molecule has 0 amide bonds. The Bertz CT molecular complexity index is 494. The molecule has 1 aromatic heterocycles. The van der Waals surface area contributed by atoms with Crippen LogP contribution < -0.4 is 0 Å². The third-order valence-electron chi connectivity index (χ3n) is 2.29. The summed E-state index contributed by atoms with van der Waals surface area (Å²) in [6.45, 7) is 1.86. The summed E-state index contributed by atoms with van der Waals surface area (Å²) >= 11 is 0. The number of benzene rings is 1. The number of nitrogens with zero attached hydrogens (tertiary/aromatic N) is 1. The molecule has 2 aromatic rings. The zero-order valence-electron chi connectivity index (χ0n) is 7.97. The number of carbonyl (C=O) groups is 1. The number of allylic oxidation sites excluding steroid dienone is 2. The summed E-state index contributed by atoms with van der Waals surface area (Å²) in [5.41, 5.74) is 1.74. The van der Waals surface area contributed by atoms with Crippen LogP contribution in [-0.2, 0) is 4.79 Å². The Balaban J connectivity index is 2.69. The number of fused-ring (bicyclic) bond motifs is 1. The van der Waals surface area contributed by atoms with Gasteiger partial charge >= 0.3 is 0 Å². The van der Waals surface area contributed by atoms with E-state index in [4.69, 9.17) is 0 Å². The molecule has 0 bridgehead atoms. The van der Waals surface area contributed by atoms with Gasteiger partial charge in [-0.3, -0.25) is 4.79 Å².